The summed E-state index contributed by atoms with van der Waals surface area (Å²) in [6.45, 7) is 3.25. The van der Waals surface area contributed by atoms with Gasteiger partial charge in [-0.25, -0.2) is 4.79 Å². The zero-order valence-electron chi connectivity index (χ0n) is 13.1. The fourth-order valence-corrected chi connectivity index (χ4v) is 2.33. The molecule has 0 fully saturated rings. The quantitative estimate of drug-likeness (QED) is 0.631. The number of hydrogen-bond acceptors (Lipinski definition) is 4. The van der Waals surface area contributed by atoms with Gasteiger partial charge in [0.2, 0.25) is 0 Å². The van der Waals surface area contributed by atoms with Crippen molar-refractivity contribution in [2.75, 3.05) is 11.1 Å². The lowest BCUT2D eigenvalue weighted by Gasteiger charge is -2.15. The Morgan fingerprint density at radius 1 is 1.21 bits per heavy atom. The lowest BCUT2D eigenvalue weighted by atomic mass is 10.2. The van der Waals surface area contributed by atoms with Crippen LogP contribution in [0.1, 0.15) is 22.8 Å². The minimum Gasteiger partial charge on any atom is -0.449 e. The first kappa shape index (κ1) is 18.1. The van der Waals surface area contributed by atoms with Crippen molar-refractivity contribution < 1.29 is 14.3 Å². The molecule has 5 nitrogen and oxygen atoms in total. The molecule has 0 aliphatic rings. The molecular weight excluding hydrogens is 351 g/mol. The van der Waals surface area contributed by atoms with Crippen molar-refractivity contribution in [2.24, 2.45) is 0 Å². The molecule has 0 heterocycles. The minimum absolute atomic E-state index is 0.151. The SMILES string of the molecule is Cc1c(Cl)cccc1NC(=O)[C@H](C)OC(=O)c1ccc(Cl)cc1N. The molecule has 3 N–H and O–H groups in total. The van der Waals surface area contributed by atoms with Gasteiger partial charge >= 0.3 is 5.97 Å². The summed E-state index contributed by atoms with van der Waals surface area (Å²) in [5.41, 5.74) is 7.36. The van der Waals surface area contributed by atoms with E-state index in [1.807, 2.05) is 0 Å². The summed E-state index contributed by atoms with van der Waals surface area (Å²) < 4.78 is 5.15. The maximum absolute atomic E-state index is 12.2. The summed E-state index contributed by atoms with van der Waals surface area (Å²) in [7, 11) is 0. The summed E-state index contributed by atoms with van der Waals surface area (Å²) in [4.78, 5) is 24.3. The molecule has 1 amide bonds. The van der Waals surface area contributed by atoms with Crippen molar-refractivity contribution in [1.29, 1.82) is 0 Å². The normalized spacial score (nSPS) is 11.7. The van der Waals surface area contributed by atoms with Crippen LogP contribution in [-0.2, 0) is 9.53 Å². The van der Waals surface area contributed by atoms with Gasteiger partial charge in [-0.3, -0.25) is 4.79 Å². The van der Waals surface area contributed by atoms with Crippen molar-refractivity contribution >= 4 is 46.5 Å². The van der Waals surface area contributed by atoms with Crippen LogP contribution in [0.25, 0.3) is 0 Å². The van der Waals surface area contributed by atoms with Crippen LogP contribution in [0.2, 0.25) is 10.0 Å². The third kappa shape index (κ3) is 4.19. The predicted octanol–water partition coefficient (Wildman–Crippen LogP) is 4.07. The predicted molar refractivity (Wildman–Crippen MR) is 95.6 cm³/mol. The van der Waals surface area contributed by atoms with Gasteiger partial charge in [0.1, 0.15) is 0 Å². The summed E-state index contributed by atoms with van der Waals surface area (Å²) in [6, 6.07) is 9.57. The highest BCUT2D eigenvalue weighted by Crippen LogP contribution is 2.23. The lowest BCUT2D eigenvalue weighted by molar-refractivity contribution is -0.123. The Hall–Kier alpha value is -2.24. The Bertz CT molecular complexity index is 793. The standard InChI is InChI=1S/C17H16Cl2N2O3/c1-9-13(19)4-3-5-15(9)21-16(22)10(2)24-17(23)12-7-6-11(18)8-14(12)20/h3-8,10H,20H2,1-2H3,(H,21,22)/t10-/m0/s1. The van der Waals surface area contributed by atoms with Crippen LogP contribution >= 0.6 is 23.2 Å². The van der Waals surface area contributed by atoms with Crippen LogP contribution in [0.4, 0.5) is 11.4 Å². The number of nitrogens with two attached hydrogens (primary N) is 1. The number of amides is 1. The number of rotatable bonds is 4. The van der Waals surface area contributed by atoms with Gasteiger partial charge in [-0.1, -0.05) is 29.3 Å². The van der Waals surface area contributed by atoms with Crippen molar-refractivity contribution in [3.63, 3.8) is 0 Å². The first-order valence-electron chi connectivity index (χ1n) is 7.11. The molecule has 126 valence electrons. The van der Waals surface area contributed by atoms with Crippen LogP contribution < -0.4 is 11.1 Å². The smallest absolute Gasteiger partial charge is 0.341 e. The summed E-state index contributed by atoms with van der Waals surface area (Å²) >= 11 is 11.8. The zero-order chi connectivity index (χ0) is 17.9. The number of carbonyl (C=O) groups excluding carboxylic acids is 2. The average Bonchev–Trinajstić information content (AvgIpc) is 2.51. The largest absolute Gasteiger partial charge is 0.449 e. The van der Waals surface area contributed by atoms with Gasteiger partial charge < -0.3 is 15.8 Å². The highest BCUT2D eigenvalue weighted by atomic mass is 35.5. The number of ether oxygens (including phenoxy) is 1. The molecule has 0 radical (unpaired) electrons. The molecule has 2 rings (SSSR count). The molecule has 1 atom stereocenters. The number of anilines is 2. The number of benzene rings is 2. The molecule has 2 aromatic carbocycles. The number of hydrogen-bond donors (Lipinski definition) is 2. The lowest BCUT2D eigenvalue weighted by Crippen LogP contribution is -2.30. The molecule has 24 heavy (non-hydrogen) atoms. The van der Waals surface area contributed by atoms with E-state index in [1.165, 1.54) is 25.1 Å². The van der Waals surface area contributed by atoms with E-state index in [0.717, 1.165) is 5.56 Å². The molecule has 0 aromatic heterocycles. The Morgan fingerprint density at radius 2 is 1.92 bits per heavy atom. The molecule has 0 spiro atoms. The molecule has 2 aromatic rings. The number of esters is 1. The molecule has 0 aliphatic heterocycles. The molecular formula is C17H16Cl2N2O3. The fraction of sp³-hybridized carbons (Fsp3) is 0.176. The van der Waals surface area contributed by atoms with E-state index in [9.17, 15) is 9.59 Å². The topological polar surface area (TPSA) is 81.4 Å². The van der Waals surface area contributed by atoms with Crippen molar-refractivity contribution in [3.8, 4) is 0 Å². The number of halogens is 2. The number of carbonyl (C=O) groups is 2. The van der Waals surface area contributed by atoms with E-state index in [2.05, 4.69) is 5.32 Å². The molecule has 0 bridgehead atoms. The van der Waals surface area contributed by atoms with Crippen LogP contribution in [-0.4, -0.2) is 18.0 Å². The molecule has 0 unspecified atom stereocenters. The van der Waals surface area contributed by atoms with E-state index in [1.54, 1.807) is 25.1 Å². The van der Waals surface area contributed by atoms with Gasteiger partial charge in [-0.15, -0.1) is 0 Å². The molecule has 0 aliphatic carbocycles. The second-order valence-electron chi connectivity index (χ2n) is 5.18. The van der Waals surface area contributed by atoms with Crippen molar-refractivity contribution in [2.45, 2.75) is 20.0 Å². The van der Waals surface area contributed by atoms with Gasteiger partial charge in [0.15, 0.2) is 6.10 Å². The Kier molecular flexibility index (Phi) is 5.70. The van der Waals surface area contributed by atoms with Crippen molar-refractivity contribution in [3.05, 3.63) is 57.6 Å². The minimum atomic E-state index is -1.01. The third-order valence-corrected chi connectivity index (χ3v) is 4.06. The third-order valence-electron chi connectivity index (χ3n) is 3.41. The first-order valence-corrected chi connectivity index (χ1v) is 7.87. The Balaban J connectivity index is 2.06. The maximum Gasteiger partial charge on any atom is 0.341 e. The second kappa shape index (κ2) is 7.55. The van der Waals surface area contributed by atoms with Crippen LogP contribution in [0.5, 0.6) is 0 Å². The van der Waals surface area contributed by atoms with E-state index >= 15 is 0 Å². The second-order valence-corrected chi connectivity index (χ2v) is 6.02. The monoisotopic (exact) mass is 366 g/mol. The summed E-state index contributed by atoms with van der Waals surface area (Å²) in [5, 5.41) is 3.62. The summed E-state index contributed by atoms with van der Waals surface area (Å²) in [6.07, 6.45) is -1.01. The van der Waals surface area contributed by atoms with Gasteiger partial charge in [-0.05, 0) is 49.7 Å². The van der Waals surface area contributed by atoms with Gasteiger partial charge in [0, 0.05) is 21.4 Å². The molecule has 0 saturated heterocycles. The number of nitrogen functional groups attached to an aromatic ring is 1. The van der Waals surface area contributed by atoms with Crippen LogP contribution in [0.15, 0.2) is 36.4 Å². The number of nitrogens with one attached hydrogen (secondary N) is 1. The van der Waals surface area contributed by atoms with E-state index in [-0.39, 0.29) is 11.3 Å². The van der Waals surface area contributed by atoms with Crippen LogP contribution in [0, 0.1) is 6.92 Å². The van der Waals surface area contributed by atoms with E-state index < -0.39 is 18.0 Å². The van der Waals surface area contributed by atoms with E-state index in [0.29, 0.717) is 15.7 Å². The Labute approximate surface area is 149 Å². The molecule has 0 saturated carbocycles. The summed E-state index contributed by atoms with van der Waals surface area (Å²) in [5.74, 6) is -1.17. The van der Waals surface area contributed by atoms with Gasteiger partial charge in [0.25, 0.3) is 5.91 Å². The zero-order valence-corrected chi connectivity index (χ0v) is 14.6. The van der Waals surface area contributed by atoms with Crippen LogP contribution in [0.3, 0.4) is 0 Å². The average molecular weight is 367 g/mol. The van der Waals surface area contributed by atoms with Crippen molar-refractivity contribution in [1.82, 2.24) is 0 Å². The van der Waals surface area contributed by atoms with Gasteiger partial charge in [0.05, 0.1) is 5.56 Å². The fourth-order valence-electron chi connectivity index (χ4n) is 1.97. The highest BCUT2D eigenvalue weighted by Gasteiger charge is 2.21. The van der Waals surface area contributed by atoms with E-state index in [4.69, 9.17) is 33.7 Å². The first-order chi connectivity index (χ1) is 11.3. The maximum atomic E-state index is 12.2. The Morgan fingerprint density at radius 3 is 2.58 bits per heavy atom. The molecule has 7 heteroatoms. The highest BCUT2D eigenvalue weighted by molar-refractivity contribution is 6.32. The van der Waals surface area contributed by atoms with Gasteiger partial charge in [-0.2, -0.15) is 0 Å².